The van der Waals surface area contributed by atoms with Crippen molar-refractivity contribution < 1.29 is 9.53 Å². The molecular weight excluding hydrogens is 236 g/mol. The van der Waals surface area contributed by atoms with Gasteiger partial charge in [-0.15, -0.1) is 11.3 Å². The van der Waals surface area contributed by atoms with Crippen LogP contribution in [-0.2, 0) is 0 Å². The third-order valence-corrected chi connectivity index (χ3v) is 3.28. The van der Waals surface area contributed by atoms with E-state index < -0.39 is 5.91 Å². The van der Waals surface area contributed by atoms with Gasteiger partial charge in [-0.2, -0.15) is 0 Å². The number of anilines is 1. The molecule has 0 fully saturated rings. The van der Waals surface area contributed by atoms with Gasteiger partial charge in [0.25, 0.3) is 5.91 Å². The Morgan fingerprint density at radius 1 is 1.29 bits per heavy atom. The van der Waals surface area contributed by atoms with Crippen LogP contribution in [0.3, 0.4) is 0 Å². The van der Waals surface area contributed by atoms with Gasteiger partial charge in [-0.25, -0.2) is 0 Å². The standard InChI is InChI=1S/C12H12N2O2S/c1-16-8-4-2-7(3-5-8)9-6-17-12(14)10(9)11(13)15/h2-6H,14H2,1H3,(H2,13,15). The molecule has 0 aliphatic carbocycles. The van der Waals surface area contributed by atoms with Crippen LogP contribution in [0.5, 0.6) is 5.75 Å². The first-order chi connectivity index (χ1) is 8.13. The minimum atomic E-state index is -0.505. The van der Waals surface area contributed by atoms with Gasteiger partial charge in [-0.1, -0.05) is 12.1 Å². The molecule has 88 valence electrons. The first-order valence-electron chi connectivity index (χ1n) is 4.94. The summed E-state index contributed by atoms with van der Waals surface area (Å²) in [6.07, 6.45) is 0. The highest BCUT2D eigenvalue weighted by atomic mass is 32.1. The fraction of sp³-hybridized carbons (Fsp3) is 0.0833. The topological polar surface area (TPSA) is 78.3 Å². The molecule has 0 unspecified atom stereocenters. The molecule has 0 radical (unpaired) electrons. The molecule has 0 saturated carbocycles. The first kappa shape index (κ1) is 11.5. The third kappa shape index (κ3) is 2.09. The predicted molar refractivity (Wildman–Crippen MR) is 69.2 cm³/mol. The molecular formula is C12H12N2O2S. The summed E-state index contributed by atoms with van der Waals surface area (Å²) in [4.78, 5) is 11.3. The number of ether oxygens (including phenoxy) is 1. The van der Waals surface area contributed by atoms with Crippen molar-refractivity contribution in [3.05, 3.63) is 35.2 Å². The zero-order valence-corrected chi connectivity index (χ0v) is 10.1. The maximum atomic E-state index is 11.3. The van der Waals surface area contributed by atoms with Crippen LogP contribution in [0.2, 0.25) is 0 Å². The number of nitrogens with two attached hydrogens (primary N) is 2. The van der Waals surface area contributed by atoms with E-state index in [1.165, 1.54) is 11.3 Å². The maximum Gasteiger partial charge on any atom is 0.252 e. The Balaban J connectivity index is 2.49. The second kappa shape index (κ2) is 4.47. The van der Waals surface area contributed by atoms with Crippen LogP contribution < -0.4 is 16.2 Å². The average molecular weight is 248 g/mol. The molecule has 0 atom stereocenters. The van der Waals surface area contributed by atoms with E-state index in [9.17, 15) is 4.79 Å². The fourth-order valence-electron chi connectivity index (χ4n) is 1.61. The first-order valence-corrected chi connectivity index (χ1v) is 5.82. The zero-order chi connectivity index (χ0) is 12.4. The number of rotatable bonds is 3. The molecule has 5 heteroatoms. The number of hydrogen-bond acceptors (Lipinski definition) is 4. The van der Waals surface area contributed by atoms with E-state index in [4.69, 9.17) is 16.2 Å². The SMILES string of the molecule is COc1ccc(-c2csc(N)c2C(N)=O)cc1. The van der Waals surface area contributed by atoms with Gasteiger partial charge in [-0.05, 0) is 17.7 Å². The molecule has 0 spiro atoms. The van der Waals surface area contributed by atoms with Gasteiger partial charge in [0.1, 0.15) is 5.75 Å². The molecule has 1 aromatic carbocycles. The fourth-order valence-corrected chi connectivity index (χ4v) is 2.44. The quantitative estimate of drug-likeness (QED) is 0.873. The molecule has 0 aliphatic heterocycles. The normalized spacial score (nSPS) is 10.2. The molecule has 4 nitrogen and oxygen atoms in total. The van der Waals surface area contributed by atoms with Crippen LogP contribution >= 0.6 is 11.3 Å². The van der Waals surface area contributed by atoms with Gasteiger partial charge in [0.15, 0.2) is 0 Å². The smallest absolute Gasteiger partial charge is 0.252 e. The van der Waals surface area contributed by atoms with E-state index in [0.717, 1.165) is 16.9 Å². The van der Waals surface area contributed by atoms with Gasteiger partial charge < -0.3 is 16.2 Å². The van der Waals surface area contributed by atoms with Crippen LogP contribution in [0, 0.1) is 0 Å². The number of amides is 1. The van der Waals surface area contributed by atoms with Crippen molar-refractivity contribution in [2.24, 2.45) is 5.73 Å². The number of hydrogen-bond donors (Lipinski definition) is 2. The van der Waals surface area contributed by atoms with Crippen molar-refractivity contribution >= 4 is 22.2 Å². The highest BCUT2D eigenvalue weighted by molar-refractivity contribution is 7.15. The Morgan fingerprint density at radius 2 is 1.94 bits per heavy atom. The maximum absolute atomic E-state index is 11.3. The van der Waals surface area contributed by atoms with Gasteiger partial charge >= 0.3 is 0 Å². The summed E-state index contributed by atoms with van der Waals surface area (Å²) >= 11 is 1.31. The Morgan fingerprint density at radius 3 is 2.47 bits per heavy atom. The van der Waals surface area contributed by atoms with Crippen LogP contribution in [0.25, 0.3) is 11.1 Å². The molecule has 0 saturated heterocycles. The molecule has 1 heterocycles. The molecule has 0 bridgehead atoms. The van der Waals surface area contributed by atoms with Gasteiger partial charge in [-0.3, -0.25) is 4.79 Å². The lowest BCUT2D eigenvalue weighted by molar-refractivity contribution is 0.100. The molecule has 1 aromatic heterocycles. The average Bonchev–Trinajstić information content (AvgIpc) is 2.71. The molecule has 2 rings (SSSR count). The summed E-state index contributed by atoms with van der Waals surface area (Å²) in [5.74, 6) is 0.257. The van der Waals surface area contributed by atoms with Crippen molar-refractivity contribution in [1.29, 1.82) is 0 Å². The van der Waals surface area contributed by atoms with E-state index in [-0.39, 0.29) is 0 Å². The second-order valence-corrected chi connectivity index (χ2v) is 4.39. The van der Waals surface area contributed by atoms with Crippen LogP contribution in [0.4, 0.5) is 5.00 Å². The van der Waals surface area contributed by atoms with Crippen LogP contribution in [-0.4, -0.2) is 13.0 Å². The summed E-state index contributed by atoms with van der Waals surface area (Å²) in [6.45, 7) is 0. The van der Waals surface area contributed by atoms with Crippen molar-refractivity contribution in [3.8, 4) is 16.9 Å². The number of nitrogen functional groups attached to an aromatic ring is 1. The Labute approximate surface area is 103 Å². The predicted octanol–water partition coefficient (Wildman–Crippen LogP) is 2.10. The minimum absolute atomic E-state index is 0.389. The molecule has 0 aliphatic rings. The number of carbonyl (C=O) groups excluding carboxylic acids is 1. The zero-order valence-electron chi connectivity index (χ0n) is 9.27. The Hall–Kier alpha value is -2.01. The van der Waals surface area contributed by atoms with Crippen molar-refractivity contribution in [3.63, 3.8) is 0 Å². The van der Waals surface area contributed by atoms with E-state index in [1.807, 2.05) is 29.6 Å². The van der Waals surface area contributed by atoms with E-state index >= 15 is 0 Å². The van der Waals surface area contributed by atoms with Crippen molar-refractivity contribution in [2.45, 2.75) is 0 Å². The summed E-state index contributed by atoms with van der Waals surface area (Å²) in [7, 11) is 1.60. The van der Waals surface area contributed by atoms with Crippen LogP contribution in [0.1, 0.15) is 10.4 Å². The molecule has 4 N–H and O–H groups in total. The second-order valence-electron chi connectivity index (χ2n) is 3.48. The monoisotopic (exact) mass is 248 g/mol. The largest absolute Gasteiger partial charge is 0.497 e. The van der Waals surface area contributed by atoms with Crippen molar-refractivity contribution in [1.82, 2.24) is 0 Å². The minimum Gasteiger partial charge on any atom is -0.497 e. The van der Waals surface area contributed by atoms with E-state index in [2.05, 4.69) is 0 Å². The van der Waals surface area contributed by atoms with E-state index in [0.29, 0.717) is 10.6 Å². The van der Waals surface area contributed by atoms with Gasteiger partial charge in [0.05, 0.1) is 17.7 Å². The number of carbonyl (C=O) groups is 1. The summed E-state index contributed by atoms with van der Waals surface area (Å²) in [5.41, 5.74) is 13.1. The summed E-state index contributed by atoms with van der Waals surface area (Å²) in [6, 6.07) is 7.39. The highest BCUT2D eigenvalue weighted by Gasteiger charge is 2.15. The van der Waals surface area contributed by atoms with Gasteiger partial charge in [0, 0.05) is 10.9 Å². The third-order valence-electron chi connectivity index (χ3n) is 2.47. The number of benzene rings is 1. The summed E-state index contributed by atoms with van der Waals surface area (Å²) < 4.78 is 5.07. The number of thiophene rings is 1. The van der Waals surface area contributed by atoms with Crippen LogP contribution in [0.15, 0.2) is 29.6 Å². The summed E-state index contributed by atoms with van der Waals surface area (Å²) in [5, 5.41) is 2.28. The lowest BCUT2D eigenvalue weighted by Crippen LogP contribution is -2.12. The lowest BCUT2D eigenvalue weighted by atomic mass is 10.0. The highest BCUT2D eigenvalue weighted by Crippen LogP contribution is 2.33. The van der Waals surface area contributed by atoms with Gasteiger partial charge in [0.2, 0.25) is 0 Å². The molecule has 17 heavy (non-hydrogen) atoms. The molecule has 2 aromatic rings. The van der Waals surface area contributed by atoms with Crippen molar-refractivity contribution in [2.75, 3.05) is 12.8 Å². The Kier molecular flexibility index (Phi) is 3.01. The number of methoxy groups -OCH3 is 1. The number of primary amides is 1. The lowest BCUT2D eigenvalue weighted by Gasteiger charge is -2.04. The molecule has 1 amide bonds. The van der Waals surface area contributed by atoms with E-state index in [1.54, 1.807) is 7.11 Å². The Bertz CT molecular complexity index is 546.